The van der Waals surface area contributed by atoms with Crippen molar-refractivity contribution >= 4 is 5.91 Å². The second-order valence-corrected chi connectivity index (χ2v) is 3.77. The van der Waals surface area contributed by atoms with Crippen LogP contribution >= 0.6 is 0 Å². The Morgan fingerprint density at radius 1 is 1.50 bits per heavy atom. The molecule has 0 saturated heterocycles. The third-order valence-corrected chi connectivity index (χ3v) is 2.54. The Morgan fingerprint density at radius 3 is 2.71 bits per heavy atom. The number of nitrogens with one attached hydrogen (secondary N) is 1. The summed E-state index contributed by atoms with van der Waals surface area (Å²) in [6, 6.07) is 6.27. The van der Waals surface area contributed by atoms with Crippen molar-refractivity contribution < 1.29 is 9.18 Å². The molecule has 0 heterocycles. The minimum atomic E-state index is -0.460. The molecular formula is C11H12FNO. The molecule has 1 saturated carbocycles. The number of benzene rings is 1. The molecule has 3 heteroatoms. The van der Waals surface area contributed by atoms with E-state index in [9.17, 15) is 9.18 Å². The van der Waals surface area contributed by atoms with Gasteiger partial charge in [0.1, 0.15) is 5.82 Å². The minimum absolute atomic E-state index is 0.131. The van der Waals surface area contributed by atoms with E-state index in [1.54, 1.807) is 12.1 Å². The Morgan fingerprint density at radius 2 is 2.14 bits per heavy atom. The van der Waals surface area contributed by atoms with Crippen LogP contribution in [0.4, 0.5) is 4.39 Å². The maximum absolute atomic E-state index is 13.1. The molecule has 14 heavy (non-hydrogen) atoms. The number of halogens is 1. The van der Waals surface area contributed by atoms with Gasteiger partial charge in [-0.1, -0.05) is 19.1 Å². The molecule has 1 amide bonds. The Labute approximate surface area is 82.1 Å². The van der Waals surface area contributed by atoms with Gasteiger partial charge in [-0.05, 0) is 24.5 Å². The van der Waals surface area contributed by atoms with Gasteiger partial charge in [-0.25, -0.2) is 4.39 Å². The molecule has 0 spiro atoms. The fourth-order valence-corrected chi connectivity index (χ4v) is 1.41. The molecular weight excluding hydrogens is 181 g/mol. The van der Waals surface area contributed by atoms with Gasteiger partial charge in [0.2, 0.25) is 0 Å². The van der Waals surface area contributed by atoms with Crippen molar-refractivity contribution in [3.8, 4) is 0 Å². The van der Waals surface area contributed by atoms with Gasteiger partial charge in [0.25, 0.3) is 5.91 Å². The van der Waals surface area contributed by atoms with Gasteiger partial charge in [-0.15, -0.1) is 0 Å². The molecule has 1 aromatic rings. The van der Waals surface area contributed by atoms with Gasteiger partial charge in [0.15, 0.2) is 0 Å². The molecule has 2 nitrogen and oxygen atoms in total. The van der Waals surface area contributed by atoms with Crippen LogP contribution in [0.25, 0.3) is 0 Å². The van der Waals surface area contributed by atoms with E-state index in [1.165, 1.54) is 12.1 Å². The first-order valence-corrected chi connectivity index (χ1v) is 4.74. The number of carbonyl (C=O) groups is 1. The number of carbonyl (C=O) groups excluding carboxylic acids is 1. The van der Waals surface area contributed by atoms with Crippen molar-refractivity contribution in [2.75, 3.05) is 0 Å². The van der Waals surface area contributed by atoms with Crippen LogP contribution in [0.2, 0.25) is 0 Å². The normalized spacial score (nSPS) is 24.4. The van der Waals surface area contributed by atoms with Gasteiger partial charge in [0, 0.05) is 6.04 Å². The average Bonchev–Trinajstić information content (AvgIpc) is 2.82. The lowest BCUT2D eigenvalue weighted by Crippen LogP contribution is -2.27. The highest BCUT2D eigenvalue weighted by Crippen LogP contribution is 2.29. The van der Waals surface area contributed by atoms with Gasteiger partial charge < -0.3 is 5.32 Å². The van der Waals surface area contributed by atoms with Crippen LogP contribution in [0.5, 0.6) is 0 Å². The number of hydrogen-bond acceptors (Lipinski definition) is 1. The first-order valence-electron chi connectivity index (χ1n) is 4.74. The van der Waals surface area contributed by atoms with Crippen LogP contribution < -0.4 is 5.32 Å². The second-order valence-electron chi connectivity index (χ2n) is 3.77. The minimum Gasteiger partial charge on any atom is -0.349 e. The van der Waals surface area contributed by atoms with Crippen molar-refractivity contribution in [2.45, 2.75) is 19.4 Å². The van der Waals surface area contributed by atoms with E-state index in [2.05, 4.69) is 12.2 Å². The molecule has 1 aliphatic carbocycles. The summed E-state index contributed by atoms with van der Waals surface area (Å²) >= 11 is 0. The highest BCUT2D eigenvalue weighted by atomic mass is 19.1. The number of amides is 1. The molecule has 0 bridgehead atoms. The predicted molar refractivity (Wildman–Crippen MR) is 51.4 cm³/mol. The van der Waals surface area contributed by atoms with Crippen LogP contribution in [-0.4, -0.2) is 11.9 Å². The zero-order valence-corrected chi connectivity index (χ0v) is 7.96. The quantitative estimate of drug-likeness (QED) is 0.764. The largest absolute Gasteiger partial charge is 0.349 e. The summed E-state index contributed by atoms with van der Waals surface area (Å²) in [6.07, 6.45) is 1.00. The standard InChI is InChI=1S/C11H12FNO/c1-7-6-10(7)13-11(14)8-4-2-3-5-9(8)12/h2-5,7,10H,6H2,1H3,(H,13,14). The zero-order chi connectivity index (χ0) is 10.1. The van der Waals surface area contributed by atoms with E-state index in [4.69, 9.17) is 0 Å². The zero-order valence-electron chi connectivity index (χ0n) is 7.96. The van der Waals surface area contributed by atoms with E-state index in [1.807, 2.05) is 0 Å². The van der Waals surface area contributed by atoms with Crippen LogP contribution in [0.3, 0.4) is 0 Å². The molecule has 1 N–H and O–H groups in total. The van der Waals surface area contributed by atoms with Crippen molar-refractivity contribution in [2.24, 2.45) is 5.92 Å². The molecule has 2 atom stereocenters. The van der Waals surface area contributed by atoms with Crippen LogP contribution in [-0.2, 0) is 0 Å². The molecule has 1 aromatic carbocycles. The summed E-state index contributed by atoms with van der Waals surface area (Å²) in [7, 11) is 0. The van der Waals surface area contributed by atoms with Crippen molar-refractivity contribution in [1.29, 1.82) is 0 Å². The third kappa shape index (κ3) is 1.76. The van der Waals surface area contributed by atoms with E-state index >= 15 is 0 Å². The lowest BCUT2D eigenvalue weighted by Gasteiger charge is -2.04. The topological polar surface area (TPSA) is 29.1 Å². The van der Waals surface area contributed by atoms with Crippen molar-refractivity contribution in [3.63, 3.8) is 0 Å². The molecule has 1 fully saturated rings. The lowest BCUT2D eigenvalue weighted by atomic mass is 10.2. The summed E-state index contributed by atoms with van der Waals surface area (Å²) in [5.41, 5.74) is 0.131. The fraction of sp³-hybridized carbons (Fsp3) is 0.364. The Kier molecular flexibility index (Phi) is 2.23. The highest BCUT2D eigenvalue weighted by molar-refractivity contribution is 5.94. The summed E-state index contributed by atoms with van der Waals surface area (Å²) in [4.78, 5) is 11.5. The lowest BCUT2D eigenvalue weighted by molar-refractivity contribution is 0.0945. The second kappa shape index (κ2) is 3.40. The number of hydrogen-bond donors (Lipinski definition) is 1. The monoisotopic (exact) mass is 193 g/mol. The van der Waals surface area contributed by atoms with Crippen molar-refractivity contribution in [3.05, 3.63) is 35.6 Å². The molecule has 74 valence electrons. The predicted octanol–water partition coefficient (Wildman–Crippen LogP) is 1.96. The van der Waals surface area contributed by atoms with Crippen LogP contribution in [0, 0.1) is 11.7 Å². The average molecular weight is 193 g/mol. The van der Waals surface area contributed by atoms with E-state index < -0.39 is 5.82 Å². The van der Waals surface area contributed by atoms with Crippen LogP contribution in [0.1, 0.15) is 23.7 Å². The molecule has 2 unspecified atom stereocenters. The Bertz CT molecular complexity index is 364. The van der Waals surface area contributed by atoms with Gasteiger partial charge in [-0.2, -0.15) is 0 Å². The van der Waals surface area contributed by atoms with E-state index in [0.29, 0.717) is 5.92 Å². The molecule has 0 aromatic heterocycles. The Hall–Kier alpha value is -1.38. The highest BCUT2D eigenvalue weighted by Gasteiger charge is 2.34. The maximum Gasteiger partial charge on any atom is 0.254 e. The summed E-state index contributed by atoms with van der Waals surface area (Å²) in [5, 5.41) is 2.78. The number of rotatable bonds is 2. The van der Waals surface area contributed by atoms with Gasteiger partial charge in [0.05, 0.1) is 5.56 Å². The van der Waals surface area contributed by atoms with Crippen LogP contribution in [0.15, 0.2) is 24.3 Å². The van der Waals surface area contributed by atoms with Crippen molar-refractivity contribution in [1.82, 2.24) is 5.32 Å². The van der Waals surface area contributed by atoms with E-state index in [-0.39, 0.29) is 17.5 Å². The molecule has 2 rings (SSSR count). The third-order valence-electron chi connectivity index (χ3n) is 2.54. The smallest absolute Gasteiger partial charge is 0.254 e. The maximum atomic E-state index is 13.1. The SMILES string of the molecule is CC1CC1NC(=O)c1ccccc1F. The summed E-state index contributed by atoms with van der Waals surface area (Å²) in [5.74, 6) is -0.235. The molecule has 1 aliphatic rings. The summed E-state index contributed by atoms with van der Waals surface area (Å²) in [6.45, 7) is 2.06. The van der Waals surface area contributed by atoms with E-state index in [0.717, 1.165) is 6.42 Å². The fourth-order valence-electron chi connectivity index (χ4n) is 1.41. The summed E-state index contributed by atoms with van der Waals surface area (Å²) < 4.78 is 13.1. The van der Waals surface area contributed by atoms with Gasteiger partial charge in [-0.3, -0.25) is 4.79 Å². The molecule has 0 radical (unpaired) electrons. The first kappa shape index (κ1) is 9.19. The molecule has 0 aliphatic heterocycles. The first-order chi connectivity index (χ1) is 6.68. The van der Waals surface area contributed by atoms with Gasteiger partial charge >= 0.3 is 0 Å². The Balaban J connectivity index is 2.07.